The van der Waals surface area contributed by atoms with E-state index in [-0.39, 0.29) is 0 Å². The Labute approximate surface area is 141 Å². The number of hydrogen-bond acceptors (Lipinski definition) is 11. The van der Waals surface area contributed by atoms with E-state index < -0.39 is 76.3 Å². The van der Waals surface area contributed by atoms with E-state index in [4.69, 9.17) is 29.1 Å². The molecule has 0 aromatic heterocycles. The second-order valence-electron chi connectivity index (χ2n) is 5.65. The molecule has 14 heteroatoms. The molecule has 2 fully saturated rings. The van der Waals surface area contributed by atoms with Crippen LogP contribution >= 0.6 is 7.82 Å². The van der Waals surface area contributed by atoms with Gasteiger partial charge in [-0.3, -0.25) is 4.52 Å². The SMILES string of the molecule is O=P(O)(O)O[C@@H]1[C@@H](O)[C@H](O[C@@H]2O[C@H](CO)[C@H](O)[C@H](O)[C@H]2O)CO[C@H]1O. The van der Waals surface area contributed by atoms with Gasteiger partial charge in [-0.05, 0) is 0 Å². The first-order chi connectivity index (χ1) is 11.5. The fraction of sp³-hybridized carbons (Fsp3) is 1.00. The molecule has 13 nitrogen and oxygen atoms in total. The average Bonchev–Trinajstić information content (AvgIpc) is 2.53. The minimum atomic E-state index is -5.07. The monoisotopic (exact) mass is 392 g/mol. The molecule has 2 rings (SSSR count). The average molecular weight is 392 g/mol. The second kappa shape index (κ2) is 8.19. The summed E-state index contributed by atoms with van der Waals surface area (Å²) in [5.74, 6) is 0. The molecule has 2 aliphatic rings. The van der Waals surface area contributed by atoms with Crippen LogP contribution in [0.1, 0.15) is 0 Å². The molecule has 2 heterocycles. The number of ether oxygens (including phenoxy) is 3. The van der Waals surface area contributed by atoms with E-state index in [1.54, 1.807) is 0 Å². The highest BCUT2D eigenvalue weighted by atomic mass is 31.2. The van der Waals surface area contributed by atoms with Gasteiger partial charge in [0.1, 0.15) is 42.7 Å². The second-order valence-corrected chi connectivity index (χ2v) is 6.84. The minimum Gasteiger partial charge on any atom is -0.394 e. The topological polar surface area (TPSA) is 216 Å². The lowest BCUT2D eigenvalue weighted by Gasteiger charge is -2.43. The molecule has 0 spiro atoms. The van der Waals surface area contributed by atoms with Crippen LogP contribution in [0.15, 0.2) is 0 Å². The highest BCUT2D eigenvalue weighted by Crippen LogP contribution is 2.40. The summed E-state index contributed by atoms with van der Waals surface area (Å²) < 4.78 is 30.3. The van der Waals surface area contributed by atoms with Gasteiger partial charge in [0.25, 0.3) is 0 Å². The van der Waals surface area contributed by atoms with Gasteiger partial charge >= 0.3 is 7.82 Å². The summed E-state index contributed by atoms with van der Waals surface area (Å²) in [5, 5.41) is 58.0. The van der Waals surface area contributed by atoms with Gasteiger partial charge in [-0.15, -0.1) is 0 Å². The minimum absolute atomic E-state index is 0.460. The molecule has 2 aliphatic heterocycles. The molecule has 0 saturated carbocycles. The van der Waals surface area contributed by atoms with Crippen molar-refractivity contribution in [3.63, 3.8) is 0 Å². The summed E-state index contributed by atoms with van der Waals surface area (Å²) in [5.41, 5.74) is 0. The van der Waals surface area contributed by atoms with Gasteiger partial charge in [-0.25, -0.2) is 4.57 Å². The van der Waals surface area contributed by atoms with Crippen LogP contribution in [0.2, 0.25) is 0 Å². The van der Waals surface area contributed by atoms with Gasteiger partial charge in [0.05, 0.1) is 13.2 Å². The summed E-state index contributed by atoms with van der Waals surface area (Å²) >= 11 is 0. The lowest BCUT2D eigenvalue weighted by molar-refractivity contribution is -0.339. The summed E-state index contributed by atoms with van der Waals surface area (Å²) in [4.78, 5) is 17.6. The molecule has 25 heavy (non-hydrogen) atoms. The molecule has 8 N–H and O–H groups in total. The van der Waals surface area contributed by atoms with Crippen molar-refractivity contribution in [3.8, 4) is 0 Å². The standard InChI is InChI=1S/C11H21O13P/c12-1-3-5(13)7(15)8(16)11(22-3)23-4-2-21-10(17)9(6(4)14)24-25(18,19)20/h3-17H,1-2H2,(H2,18,19,20)/t3-,4-,5+,6+,7+,8-,9-,10-,11+/m1/s1. The van der Waals surface area contributed by atoms with Crippen LogP contribution in [-0.2, 0) is 23.3 Å². The van der Waals surface area contributed by atoms with Crippen LogP contribution < -0.4 is 0 Å². The van der Waals surface area contributed by atoms with Gasteiger partial charge in [-0.1, -0.05) is 0 Å². The number of phosphoric ester groups is 1. The van der Waals surface area contributed by atoms with Gasteiger partial charge in [0.2, 0.25) is 0 Å². The highest BCUT2D eigenvalue weighted by Gasteiger charge is 2.49. The van der Waals surface area contributed by atoms with E-state index in [2.05, 4.69) is 4.52 Å². The largest absolute Gasteiger partial charge is 0.470 e. The Kier molecular flexibility index (Phi) is 6.89. The van der Waals surface area contributed by atoms with Crippen LogP contribution in [0.4, 0.5) is 0 Å². The van der Waals surface area contributed by atoms with Gasteiger partial charge < -0.3 is 54.6 Å². The Morgan fingerprint density at radius 2 is 1.64 bits per heavy atom. The van der Waals surface area contributed by atoms with E-state index in [0.29, 0.717) is 0 Å². The lowest BCUT2D eigenvalue weighted by atomic mass is 9.99. The van der Waals surface area contributed by atoms with Crippen LogP contribution in [0.3, 0.4) is 0 Å². The third-order valence-corrected chi connectivity index (χ3v) is 4.36. The molecule has 9 atom stereocenters. The maximum absolute atomic E-state index is 10.9. The van der Waals surface area contributed by atoms with Crippen molar-refractivity contribution in [2.45, 2.75) is 55.3 Å². The van der Waals surface area contributed by atoms with Crippen molar-refractivity contribution in [1.29, 1.82) is 0 Å². The van der Waals surface area contributed by atoms with Gasteiger partial charge in [0.15, 0.2) is 12.6 Å². The zero-order valence-electron chi connectivity index (χ0n) is 12.7. The third-order valence-electron chi connectivity index (χ3n) is 3.85. The maximum Gasteiger partial charge on any atom is 0.470 e. The molecular formula is C11H21O13P. The number of rotatable bonds is 5. The van der Waals surface area contributed by atoms with Crippen molar-refractivity contribution >= 4 is 7.82 Å². The van der Waals surface area contributed by atoms with E-state index in [0.717, 1.165) is 0 Å². The summed E-state index contributed by atoms with van der Waals surface area (Å²) in [6, 6.07) is 0. The number of hydrogen-bond donors (Lipinski definition) is 8. The van der Waals surface area contributed by atoms with Gasteiger partial charge in [-0.2, -0.15) is 0 Å². The van der Waals surface area contributed by atoms with Gasteiger partial charge in [0, 0.05) is 0 Å². The summed E-state index contributed by atoms with van der Waals surface area (Å²) in [6.07, 6.45) is -14.8. The first kappa shape index (κ1) is 21.1. The molecule has 148 valence electrons. The lowest BCUT2D eigenvalue weighted by Crippen LogP contribution is -2.62. The van der Waals surface area contributed by atoms with E-state index in [1.807, 2.05) is 0 Å². The van der Waals surface area contributed by atoms with Crippen LogP contribution in [0.5, 0.6) is 0 Å². The Morgan fingerprint density at radius 1 is 1.00 bits per heavy atom. The van der Waals surface area contributed by atoms with E-state index in [1.165, 1.54) is 0 Å². The zero-order chi connectivity index (χ0) is 18.9. The number of aliphatic hydroxyl groups excluding tert-OH is 6. The van der Waals surface area contributed by atoms with Crippen molar-refractivity contribution in [3.05, 3.63) is 0 Å². The Hall–Kier alpha value is -0.250. The number of aliphatic hydroxyl groups is 6. The molecule has 0 aromatic carbocycles. The van der Waals surface area contributed by atoms with Crippen LogP contribution in [-0.4, -0.2) is 109 Å². The smallest absolute Gasteiger partial charge is 0.394 e. The Morgan fingerprint density at radius 3 is 2.20 bits per heavy atom. The molecule has 0 amide bonds. The van der Waals surface area contributed by atoms with E-state index >= 15 is 0 Å². The quantitative estimate of drug-likeness (QED) is 0.207. The van der Waals surface area contributed by atoms with Crippen molar-refractivity contribution in [2.24, 2.45) is 0 Å². The third kappa shape index (κ3) is 4.93. The van der Waals surface area contributed by atoms with E-state index in [9.17, 15) is 30.1 Å². The Balaban J connectivity index is 2.06. The molecule has 0 aliphatic carbocycles. The molecule has 0 aromatic rings. The highest BCUT2D eigenvalue weighted by molar-refractivity contribution is 7.46. The molecule has 0 bridgehead atoms. The Bertz CT molecular complexity index is 483. The van der Waals surface area contributed by atoms with Crippen molar-refractivity contribution in [2.75, 3.05) is 13.2 Å². The fourth-order valence-corrected chi connectivity index (χ4v) is 3.06. The predicted molar refractivity (Wildman–Crippen MR) is 73.5 cm³/mol. The molecule has 2 saturated heterocycles. The van der Waals surface area contributed by atoms with Crippen LogP contribution in [0, 0.1) is 0 Å². The normalized spacial score (nSPS) is 46.2. The maximum atomic E-state index is 10.9. The first-order valence-corrected chi connectivity index (χ1v) is 8.76. The van der Waals surface area contributed by atoms with Crippen molar-refractivity contribution < 1.29 is 63.7 Å². The molecule has 0 radical (unpaired) electrons. The first-order valence-electron chi connectivity index (χ1n) is 7.23. The predicted octanol–water partition coefficient (Wildman–Crippen LogP) is -4.64. The van der Waals surface area contributed by atoms with Crippen molar-refractivity contribution in [1.82, 2.24) is 0 Å². The van der Waals surface area contributed by atoms with Crippen LogP contribution in [0.25, 0.3) is 0 Å². The zero-order valence-corrected chi connectivity index (χ0v) is 13.6. The fourth-order valence-electron chi connectivity index (χ4n) is 2.51. The summed E-state index contributed by atoms with van der Waals surface area (Å²) in [6.45, 7) is -1.16. The number of phosphoric acid groups is 1. The summed E-state index contributed by atoms with van der Waals surface area (Å²) in [7, 11) is -5.07. The molecular weight excluding hydrogens is 371 g/mol. The molecule has 0 unspecified atom stereocenters.